The van der Waals surface area contributed by atoms with Gasteiger partial charge in [-0.2, -0.15) is 0 Å². The first kappa shape index (κ1) is 11.8. The highest BCUT2D eigenvalue weighted by Gasteiger charge is 2.30. The van der Waals surface area contributed by atoms with E-state index in [1.54, 1.807) is 7.11 Å². The van der Waals surface area contributed by atoms with E-state index in [1.807, 2.05) is 0 Å². The summed E-state index contributed by atoms with van der Waals surface area (Å²) in [6, 6.07) is 0. The van der Waals surface area contributed by atoms with Gasteiger partial charge in [0.25, 0.3) is 0 Å². The minimum atomic E-state index is -0.931. The molecule has 1 atom stereocenters. The van der Waals surface area contributed by atoms with Crippen molar-refractivity contribution in [3.05, 3.63) is 0 Å². The number of carbonyl (C=O) groups excluding carboxylic acids is 1. The van der Waals surface area contributed by atoms with Crippen LogP contribution < -0.4 is 0 Å². The van der Waals surface area contributed by atoms with Gasteiger partial charge in [0.15, 0.2) is 0 Å². The predicted molar refractivity (Wildman–Crippen MR) is 50.5 cm³/mol. The summed E-state index contributed by atoms with van der Waals surface area (Å²) in [4.78, 5) is 23.3. The second kappa shape index (κ2) is 5.55. The van der Waals surface area contributed by atoms with Crippen molar-refractivity contribution in [2.24, 2.45) is 5.92 Å². The number of nitrogens with zero attached hydrogens (tertiary/aromatic N) is 1. The first-order chi connectivity index (χ1) is 7.15. The SMILES string of the molecule is COCCCN1CC(C(=O)O)COC1=O. The Morgan fingerprint density at radius 1 is 1.73 bits per heavy atom. The van der Waals surface area contributed by atoms with Crippen LogP contribution in [0.1, 0.15) is 6.42 Å². The van der Waals surface area contributed by atoms with Crippen molar-refractivity contribution in [3.63, 3.8) is 0 Å². The van der Waals surface area contributed by atoms with E-state index in [4.69, 9.17) is 14.6 Å². The molecule has 0 aliphatic carbocycles. The van der Waals surface area contributed by atoms with Crippen LogP contribution in [0.2, 0.25) is 0 Å². The minimum absolute atomic E-state index is 0.0328. The van der Waals surface area contributed by atoms with Crippen molar-refractivity contribution in [2.45, 2.75) is 6.42 Å². The van der Waals surface area contributed by atoms with E-state index in [0.29, 0.717) is 19.6 Å². The second-order valence-electron chi connectivity index (χ2n) is 3.40. The molecular formula is C9H15NO5. The quantitative estimate of drug-likeness (QED) is 0.664. The van der Waals surface area contributed by atoms with Crippen molar-refractivity contribution in [2.75, 3.05) is 33.4 Å². The summed E-state index contributed by atoms with van der Waals surface area (Å²) in [5.74, 6) is -1.55. The number of carboxylic acid groups (broad SMARTS) is 1. The highest BCUT2D eigenvalue weighted by molar-refractivity contribution is 5.75. The zero-order chi connectivity index (χ0) is 11.3. The van der Waals surface area contributed by atoms with Crippen LogP contribution >= 0.6 is 0 Å². The number of hydrogen-bond acceptors (Lipinski definition) is 4. The van der Waals surface area contributed by atoms with Gasteiger partial charge in [0, 0.05) is 26.8 Å². The third-order valence-corrected chi connectivity index (χ3v) is 2.23. The van der Waals surface area contributed by atoms with Crippen LogP contribution in [0.3, 0.4) is 0 Å². The molecule has 0 bridgehead atoms. The molecule has 1 unspecified atom stereocenters. The first-order valence-corrected chi connectivity index (χ1v) is 4.78. The number of ether oxygens (including phenoxy) is 2. The first-order valence-electron chi connectivity index (χ1n) is 4.78. The largest absolute Gasteiger partial charge is 0.481 e. The van der Waals surface area contributed by atoms with E-state index in [2.05, 4.69) is 0 Å². The molecule has 1 fully saturated rings. The van der Waals surface area contributed by atoms with Crippen LogP contribution in [-0.2, 0) is 14.3 Å². The lowest BCUT2D eigenvalue weighted by atomic mass is 10.1. The zero-order valence-electron chi connectivity index (χ0n) is 8.64. The van der Waals surface area contributed by atoms with Crippen LogP contribution in [0.4, 0.5) is 4.79 Å². The normalized spacial score (nSPS) is 21.3. The molecular weight excluding hydrogens is 202 g/mol. The smallest absolute Gasteiger partial charge is 0.409 e. The van der Waals surface area contributed by atoms with E-state index in [9.17, 15) is 9.59 Å². The molecule has 0 aromatic rings. The average Bonchev–Trinajstić information content (AvgIpc) is 2.20. The number of cyclic esters (lactones) is 1. The summed E-state index contributed by atoms with van der Waals surface area (Å²) in [6.45, 7) is 1.20. The third-order valence-electron chi connectivity index (χ3n) is 2.23. The number of carboxylic acids is 1. The van der Waals surface area contributed by atoms with E-state index in [0.717, 1.165) is 0 Å². The summed E-state index contributed by atoms with van der Waals surface area (Å²) in [6.07, 6.45) is 0.237. The predicted octanol–water partition coefficient (Wildman–Crippen LogP) is 0.176. The Hall–Kier alpha value is -1.30. The maximum Gasteiger partial charge on any atom is 0.409 e. The van der Waals surface area contributed by atoms with Crippen molar-refractivity contribution in [1.29, 1.82) is 0 Å². The van der Waals surface area contributed by atoms with Gasteiger partial charge < -0.3 is 19.5 Å². The number of carbonyl (C=O) groups is 2. The van der Waals surface area contributed by atoms with Gasteiger partial charge in [0.2, 0.25) is 0 Å². The van der Waals surface area contributed by atoms with Gasteiger partial charge in [-0.1, -0.05) is 0 Å². The molecule has 15 heavy (non-hydrogen) atoms. The summed E-state index contributed by atoms with van der Waals surface area (Å²) in [7, 11) is 1.58. The fraction of sp³-hybridized carbons (Fsp3) is 0.778. The summed E-state index contributed by atoms with van der Waals surface area (Å²) >= 11 is 0. The lowest BCUT2D eigenvalue weighted by Gasteiger charge is -2.30. The second-order valence-corrected chi connectivity index (χ2v) is 3.40. The highest BCUT2D eigenvalue weighted by Crippen LogP contribution is 2.11. The van der Waals surface area contributed by atoms with Crippen LogP contribution in [0.25, 0.3) is 0 Å². The van der Waals surface area contributed by atoms with E-state index >= 15 is 0 Å². The Morgan fingerprint density at radius 2 is 2.47 bits per heavy atom. The molecule has 1 amide bonds. The Balaban J connectivity index is 2.39. The molecule has 86 valence electrons. The van der Waals surface area contributed by atoms with Gasteiger partial charge in [-0.25, -0.2) is 4.79 Å². The van der Waals surface area contributed by atoms with Crippen molar-refractivity contribution in [1.82, 2.24) is 4.90 Å². The van der Waals surface area contributed by atoms with Gasteiger partial charge in [-0.15, -0.1) is 0 Å². The van der Waals surface area contributed by atoms with Crippen molar-refractivity contribution < 1.29 is 24.2 Å². The average molecular weight is 217 g/mol. The number of methoxy groups -OCH3 is 1. The molecule has 6 heteroatoms. The third kappa shape index (κ3) is 3.39. The van der Waals surface area contributed by atoms with Gasteiger partial charge in [-0.05, 0) is 6.42 Å². The van der Waals surface area contributed by atoms with Crippen molar-refractivity contribution >= 4 is 12.1 Å². The monoisotopic (exact) mass is 217 g/mol. The zero-order valence-corrected chi connectivity index (χ0v) is 8.64. The molecule has 1 N–H and O–H groups in total. The van der Waals surface area contributed by atoms with E-state index in [1.165, 1.54) is 4.90 Å². The van der Waals surface area contributed by atoms with Gasteiger partial charge in [-0.3, -0.25) is 4.79 Å². The van der Waals surface area contributed by atoms with E-state index < -0.39 is 18.0 Å². The highest BCUT2D eigenvalue weighted by atomic mass is 16.6. The maximum atomic E-state index is 11.2. The fourth-order valence-corrected chi connectivity index (χ4v) is 1.39. The van der Waals surface area contributed by atoms with Gasteiger partial charge in [0.05, 0.1) is 0 Å². The summed E-state index contributed by atoms with van der Waals surface area (Å²) in [5.41, 5.74) is 0. The van der Waals surface area contributed by atoms with Crippen LogP contribution in [0.15, 0.2) is 0 Å². The van der Waals surface area contributed by atoms with Crippen LogP contribution in [0.5, 0.6) is 0 Å². The van der Waals surface area contributed by atoms with Gasteiger partial charge >= 0.3 is 12.1 Å². The Morgan fingerprint density at radius 3 is 3.07 bits per heavy atom. The Bertz CT molecular complexity index is 243. The standard InChI is InChI=1S/C9H15NO5/c1-14-4-2-3-10-5-7(8(11)12)6-15-9(10)13/h7H,2-6H2,1H3,(H,11,12). The Labute approximate surface area is 87.8 Å². The molecule has 6 nitrogen and oxygen atoms in total. The summed E-state index contributed by atoms with van der Waals surface area (Å²) in [5, 5.41) is 8.77. The summed E-state index contributed by atoms with van der Waals surface area (Å²) < 4.78 is 9.61. The fourth-order valence-electron chi connectivity index (χ4n) is 1.39. The maximum absolute atomic E-state index is 11.2. The number of amides is 1. The Kier molecular flexibility index (Phi) is 4.36. The van der Waals surface area contributed by atoms with E-state index in [-0.39, 0.29) is 13.2 Å². The minimum Gasteiger partial charge on any atom is -0.481 e. The molecule has 1 aliphatic rings. The molecule has 1 heterocycles. The lowest BCUT2D eigenvalue weighted by molar-refractivity contribution is -0.145. The molecule has 1 rings (SSSR count). The number of rotatable bonds is 5. The molecule has 0 aromatic heterocycles. The topological polar surface area (TPSA) is 76.1 Å². The van der Waals surface area contributed by atoms with Gasteiger partial charge in [0.1, 0.15) is 12.5 Å². The molecule has 1 aliphatic heterocycles. The van der Waals surface area contributed by atoms with Crippen LogP contribution in [0, 0.1) is 5.92 Å². The van der Waals surface area contributed by atoms with Crippen molar-refractivity contribution in [3.8, 4) is 0 Å². The molecule has 0 aromatic carbocycles. The van der Waals surface area contributed by atoms with Crippen LogP contribution in [-0.4, -0.2) is 55.5 Å². The number of hydrogen-bond donors (Lipinski definition) is 1. The number of aliphatic carboxylic acids is 1. The molecule has 1 saturated heterocycles. The molecule has 0 saturated carbocycles. The lowest BCUT2D eigenvalue weighted by Crippen LogP contribution is -2.46. The molecule has 0 radical (unpaired) electrons. The molecule has 0 spiro atoms.